The molecule has 6 nitrogen and oxygen atoms in total. The average molecular weight is 307 g/mol. The van der Waals surface area contributed by atoms with Gasteiger partial charge in [0.2, 0.25) is 0 Å². The van der Waals surface area contributed by atoms with Gasteiger partial charge in [-0.25, -0.2) is 15.0 Å². The van der Waals surface area contributed by atoms with E-state index in [1.165, 1.54) is 4.88 Å². The van der Waals surface area contributed by atoms with Crippen molar-refractivity contribution in [3.05, 3.63) is 28.0 Å². The number of hydrogen-bond acceptors (Lipinski definition) is 7. The van der Waals surface area contributed by atoms with Crippen molar-refractivity contribution in [1.29, 1.82) is 0 Å². The number of anilines is 2. The molecule has 0 fully saturated rings. The molecule has 0 saturated heterocycles. The summed E-state index contributed by atoms with van der Waals surface area (Å²) in [4.78, 5) is 14.5. The van der Waals surface area contributed by atoms with Gasteiger partial charge in [-0.15, -0.1) is 11.3 Å². The fourth-order valence-electron chi connectivity index (χ4n) is 1.73. The lowest BCUT2D eigenvalue weighted by Gasteiger charge is -2.09. The molecule has 21 heavy (non-hydrogen) atoms. The molecule has 2 heterocycles. The molecule has 0 aliphatic heterocycles. The molecule has 0 amide bonds. The van der Waals surface area contributed by atoms with Crippen molar-refractivity contribution in [3.63, 3.8) is 0 Å². The average Bonchev–Trinajstić information content (AvgIpc) is 2.98. The monoisotopic (exact) mass is 307 g/mol. The molecule has 2 rings (SSSR count). The standard InChI is InChI=1S/C14H21N5OS/c1-4-10-7-17-14(21-10)8-16-12-6-11(15-3)18-13(19-12)9-20-5-2/h6-7H,4-5,8-9H2,1-3H3,(H2,15,16,18,19). The van der Waals surface area contributed by atoms with Gasteiger partial charge < -0.3 is 15.4 Å². The minimum absolute atomic E-state index is 0.415. The number of thiazole rings is 1. The van der Waals surface area contributed by atoms with E-state index in [9.17, 15) is 0 Å². The highest BCUT2D eigenvalue weighted by Crippen LogP contribution is 2.16. The zero-order valence-corrected chi connectivity index (χ0v) is 13.5. The third-order valence-electron chi connectivity index (χ3n) is 2.83. The molecule has 2 aromatic heterocycles. The Bertz CT molecular complexity index is 572. The Hall–Kier alpha value is -1.73. The Balaban J connectivity index is 2.03. The maximum Gasteiger partial charge on any atom is 0.158 e. The van der Waals surface area contributed by atoms with E-state index in [0.717, 1.165) is 23.1 Å². The molecule has 2 aromatic rings. The van der Waals surface area contributed by atoms with Gasteiger partial charge in [0, 0.05) is 30.8 Å². The van der Waals surface area contributed by atoms with E-state index < -0.39 is 0 Å². The molecule has 0 saturated carbocycles. The van der Waals surface area contributed by atoms with Gasteiger partial charge in [0.05, 0.1) is 6.54 Å². The Labute approximate surface area is 129 Å². The summed E-state index contributed by atoms with van der Waals surface area (Å²) in [5.41, 5.74) is 0. The second-order valence-corrected chi connectivity index (χ2v) is 5.57. The van der Waals surface area contributed by atoms with Crippen molar-refractivity contribution in [1.82, 2.24) is 15.0 Å². The van der Waals surface area contributed by atoms with Crippen LogP contribution in [-0.2, 0) is 24.3 Å². The van der Waals surface area contributed by atoms with Gasteiger partial charge in [0.25, 0.3) is 0 Å². The van der Waals surface area contributed by atoms with Crippen molar-refractivity contribution in [2.75, 3.05) is 24.3 Å². The second-order valence-electron chi connectivity index (χ2n) is 4.37. The summed E-state index contributed by atoms with van der Waals surface area (Å²) >= 11 is 1.72. The molecule has 2 N–H and O–H groups in total. The Morgan fingerprint density at radius 1 is 1.24 bits per heavy atom. The molecule has 0 spiro atoms. The molecule has 114 valence electrons. The van der Waals surface area contributed by atoms with Gasteiger partial charge >= 0.3 is 0 Å². The van der Waals surface area contributed by atoms with Crippen LogP contribution in [0, 0.1) is 0 Å². The fraction of sp³-hybridized carbons (Fsp3) is 0.500. The largest absolute Gasteiger partial charge is 0.374 e. The first-order valence-corrected chi connectivity index (χ1v) is 7.87. The number of rotatable bonds is 8. The highest BCUT2D eigenvalue weighted by Gasteiger charge is 2.05. The van der Waals surface area contributed by atoms with Crippen molar-refractivity contribution in [2.45, 2.75) is 33.4 Å². The highest BCUT2D eigenvalue weighted by atomic mass is 32.1. The minimum Gasteiger partial charge on any atom is -0.374 e. The van der Waals surface area contributed by atoms with Gasteiger partial charge in [0.1, 0.15) is 23.3 Å². The Kier molecular flexibility index (Phi) is 5.89. The van der Waals surface area contributed by atoms with Crippen LogP contribution in [-0.4, -0.2) is 28.6 Å². The fourth-order valence-corrected chi connectivity index (χ4v) is 2.54. The molecule has 0 unspecified atom stereocenters. The zero-order valence-electron chi connectivity index (χ0n) is 12.6. The van der Waals surface area contributed by atoms with Gasteiger partial charge in [-0.05, 0) is 13.3 Å². The lowest BCUT2D eigenvalue weighted by atomic mass is 10.4. The summed E-state index contributed by atoms with van der Waals surface area (Å²) in [6, 6.07) is 1.88. The third kappa shape index (κ3) is 4.64. The normalized spacial score (nSPS) is 10.6. The number of nitrogens with one attached hydrogen (secondary N) is 2. The summed E-state index contributed by atoms with van der Waals surface area (Å²) < 4.78 is 5.36. The summed E-state index contributed by atoms with van der Waals surface area (Å²) in [5, 5.41) is 7.39. The number of aryl methyl sites for hydroxylation is 1. The summed E-state index contributed by atoms with van der Waals surface area (Å²) in [5.74, 6) is 2.22. The first-order valence-electron chi connectivity index (χ1n) is 7.06. The van der Waals surface area contributed by atoms with Crippen LogP contribution in [0.2, 0.25) is 0 Å². The van der Waals surface area contributed by atoms with Crippen LogP contribution in [0.25, 0.3) is 0 Å². The van der Waals surface area contributed by atoms with Crippen LogP contribution in [0.1, 0.15) is 29.6 Å². The number of nitrogens with zero attached hydrogens (tertiary/aromatic N) is 3. The minimum atomic E-state index is 0.415. The van der Waals surface area contributed by atoms with E-state index in [4.69, 9.17) is 4.74 Å². The van der Waals surface area contributed by atoms with Gasteiger partial charge in [0.15, 0.2) is 5.82 Å². The number of aromatic nitrogens is 3. The summed E-state index contributed by atoms with van der Waals surface area (Å²) in [6.07, 6.45) is 2.95. The third-order valence-corrected chi connectivity index (χ3v) is 3.98. The van der Waals surface area contributed by atoms with E-state index in [1.54, 1.807) is 11.3 Å². The van der Waals surface area contributed by atoms with Crippen LogP contribution in [0.4, 0.5) is 11.6 Å². The first-order chi connectivity index (χ1) is 10.2. The van der Waals surface area contributed by atoms with E-state index in [1.807, 2.05) is 26.2 Å². The lowest BCUT2D eigenvalue weighted by molar-refractivity contribution is 0.128. The molecule has 0 radical (unpaired) electrons. The number of ether oxygens (including phenoxy) is 1. The van der Waals surface area contributed by atoms with Gasteiger partial charge in [-0.1, -0.05) is 6.92 Å². The zero-order chi connectivity index (χ0) is 15.1. The topological polar surface area (TPSA) is 72.0 Å². The predicted molar refractivity (Wildman–Crippen MR) is 85.7 cm³/mol. The Morgan fingerprint density at radius 2 is 2.05 bits per heavy atom. The van der Waals surface area contributed by atoms with E-state index in [2.05, 4.69) is 32.5 Å². The molecular formula is C14H21N5OS. The molecule has 0 aliphatic carbocycles. The SMILES string of the molecule is CCOCc1nc(NC)cc(NCc2ncc(CC)s2)n1. The quantitative estimate of drug-likeness (QED) is 0.781. The maximum absolute atomic E-state index is 5.36. The van der Waals surface area contributed by atoms with Crippen molar-refractivity contribution >= 4 is 23.0 Å². The van der Waals surface area contributed by atoms with Gasteiger partial charge in [-0.2, -0.15) is 0 Å². The summed E-state index contributed by atoms with van der Waals surface area (Å²) in [7, 11) is 1.84. The molecular weight excluding hydrogens is 286 g/mol. The maximum atomic E-state index is 5.36. The van der Waals surface area contributed by atoms with Crippen molar-refractivity contribution < 1.29 is 4.74 Å². The molecule has 7 heteroatoms. The summed E-state index contributed by atoms with van der Waals surface area (Å²) in [6.45, 7) is 5.81. The van der Waals surface area contributed by atoms with Crippen LogP contribution in [0.3, 0.4) is 0 Å². The van der Waals surface area contributed by atoms with Crippen molar-refractivity contribution in [2.24, 2.45) is 0 Å². The van der Waals surface area contributed by atoms with Crippen LogP contribution >= 0.6 is 11.3 Å². The number of hydrogen-bond donors (Lipinski definition) is 2. The van der Waals surface area contributed by atoms with E-state index in [0.29, 0.717) is 25.6 Å². The van der Waals surface area contributed by atoms with Crippen LogP contribution in [0.5, 0.6) is 0 Å². The molecule has 0 bridgehead atoms. The van der Waals surface area contributed by atoms with Crippen LogP contribution in [0.15, 0.2) is 12.3 Å². The second kappa shape index (κ2) is 7.90. The molecule has 0 aromatic carbocycles. The van der Waals surface area contributed by atoms with Crippen molar-refractivity contribution in [3.8, 4) is 0 Å². The van der Waals surface area contributed by atoms with Crippen LogP contribution < -0.4 is 10.6 Å². The molecule has 0 aliphatic rings. The first kappa shape index (κ1) is 15.7. The highest BCUT2D eigenvalue weighted by molar-refractivity contribution is 7.11. The van der Waals surface area contributed by atoms with E-state index in [-0.39, 0.29) is 0 Å². The Morgan fingerprint density at radius 3 is 2.71 bits per heavy atom. The van der Waals surface area contributed by atoms with Gasteiger partial charge in [-0.3, -0.25) is 0 Å². The lowest BCUT2D eigenvalue weighted by Crippen LogP contribution is -2.07. The smallest absolute Gasteiger partial charge is 0.158 e. The molecule has 0 atom stereocenters. The van der Waals surface area contributed by atoms with E-state index >= 15 is 0 Å². The predicted octanol–water partition coefficient (Wildman–Crippen LogP) is 2.69.